The van der Waals surface area contributed by atoms with E-state index >= 15 is 0 Å². The Labute approximate surface area is 163 Å². The summed E-state index contributed by atoms with van der Waals surface area (Å²) in [4.78, 5) is 15.6. The van der Waals surface area contributed by atoms with Gasteiger partial charge in [0.2, 0.25) is 5.91 Å². The van der Waals surface area contributed by atoms with Gasteiger partial charge in [-0.2, -0.15) is 0 Å². The van der Waals surface area contributed by atoms with E-state index in [9.17, 15) is 4.79 Å². The van der Waals surface area contributed by atoms with Crippen molar-refractivity contribution in [1.82, 2.24) is 10.2 Å². The van der Waals surface area contributed by atoms with Crippen LogP contribution in [-0.4, -0.2) is 30.6 Å². The van der Waals surface area contributed by atoms with Crippen LogP contribution in [0.2, 0.25) is 0 Å². The second kappa shape index (κ2) is 7.24. The molecular weight excluding hydrogens is 332 g/mol. The Kier molecular flexibility index (Phi) is 4.75. The molecule has 1 saturated heterocycles. The molecule has 146 valence electrons. The second-order valence-corrected chi connectivity index (χ2v) is 10.1. The molecule has 6 rings (SSSR count). The number of amides is 1. The average molecular weight is 367 g/mol. The molecule has 1 heterocycles. The van der Waals surface area contributed by atoms with Gasteiger partial charge in [-0.05, 0) is 87.0 Å². The van der Waals surface area contributed by atoms with Crippen LogP contribution in [0.3, 0.4) is 0 Å². The Hall–Kier alpha value is -1.35. The van der Waals surface area contributed by atoms with E-state index in [1.807, 2.05) is 0 Å². The molecule has 3 nitrogen and oxygen atoms in total. The van der Waals surface area contributed by atoms with Gasteiger partial charge in [0.1, 0.15) is 0 Å². The molecule has 0 aromatic heterocycles. The summed E-state index contributed by atoms with van der Waals surface area (Å²) in [7, 11) is 0. The third kappa shape index (κ3) is 3.68. The zero-order valence-corrected chi connectivity index (χ0v) is 16.5. The van der Waals surface area contributed by atoms with Gasteiger partial charge in [-0.15, -0.1) is 0 Å². The van der Waals surface area contributed by atoms with Crippen LogP contribution in [-0.2, 0) is 11.2 Å². The highest BCUT2D eigenvalue weighted by molar-refractivity contribution is 5.83. The van der Waals surface area contributed by atoms with Crippen LogP contribution in [0.5, 0.6) is 0 Å². The van der Waals surface area contributed by atoms with Gasteiger partial charge < -0.3 is 5.32 Å². The van der Waals surface area contributed by atoms with Gasteiger partial charge >= 0.3 is 0 Å². The maximum atomic E-state index is 13.1. The number of carbonyl (C=O) groups excluding carboxylic acids is 1. The molecule has 1 amide bonds. The predicted molar refractivity (Wildman–Crippen MR) is 108 cm³/mol. The maximum absolute atomic E-state index is 13.1. The number of nitrogens with one attached hydrogen (secondary N) is 1. The van der Waals surface area contributed by atoms with Crippen molar-refractivity contribution in [1.29, 1.82) is 0 Å². The minimum Gasteiger partial charge on any atom is -0.343 e. The molecule has 4 saturated carbocycles. The van der Waals surface area contributed by atoms with Crippen molar-refractivity contribution in [3.05, 3.63) is 35.9 Å². The molecule has 3 heteroatoms. The first-order valence-corrected chi connectivity index (χ1v) is 11.2. The Morgan fingerprint density at radius 2 is 1.56 bits per heavy atom. The summed E-state index contributed by atoms with van der Waals surface area (Å²) in [6.45, 7) is 3.01. The van der Waals surface area contributed by atoms with Crippen LogP contribution in [0, 0.1) is 29.1 Å². The summed E-state index contributed by atoms with van der Waals surface area (Å²) >= 11 is 0. The quantitative estimate of drug-likeness (QED) is 0.846. The average Bonchev–Trinajstić information content (AvgIpc) is 2.67. The lowest BCUT2D eigenvalue weighted by Gasteiger charge is -2.55. The van der Waals surface area contributed by atoms with E-state index in [1.54, 1.807) is 0 Å². The Morgan fingerprint density at radius 1 is 0.963 bits per heavy atom. The fourth-order valence-electron chi connectivity index (χ4n) is 7.06. The molecule has 5 fully saturated rings. The van der Waals surface area contributed by atoms with Crippen molar-refractivity contribution in [3.8, 4) is 0 Å². The number of piperidine rings is 1. The summed E-state index contributed by atoms with van der Waals surface area (Å²) in [5.74, 6) is 3.71. The van der Waals surface area contributed by atoms with Gasteiger partial charge in [-0.1, -0.05) is 30.3 Å². The minimum atomic E-state index is 0.000378. The zero-order chi connectivity index (χ0) is 18.3. The normalized spacial score (nSPS) is 36.1. The van der Waals surface area contributed by atoms with Crippen molar-refractivity contribution < 1.29 is 4.79 Å². The number of benzene rings is 1. The number of hydrogen-bond acceptors (Lipinski definition) is 2. The van der Waals surface area contributed by atoms with Crippen LogP contribution in [0.4, 0.5) is 0 Å². The third-order valence-electron chi connectivity index (χ3n) is 8.06. The van der Waals surface area contributed by atoms with Gasteiger partial charge in [0.05, 0.1) is 12.1 Å². The Morgan fingerprint density at radius 3 is 2.15 bits per heavy atom. The van der Waals surface area contributed by atoms with E-state index in [2.05, 4.69) is 40.5 Å². The number of nitrogens with zero attached hydrogens (tertiary/aromatic N) is 1. The molecule has 1 aliphatic heterocycles. The van der Waals surface area contributed by atoms with Crippen LogP contribution in [0.15, 0.2) is 30.3 Å². The fourth-order valence-corrected chi connectivity index (χ4v) is 7.06. The monoisotopic (exact) mass is 366 g/mol. The fraction of sp³-hybridized carbons (Fsp3) is 0.708. The summed E-state index contributed by atoms with van der Waals surface area (Å²) in [5.41, 5.74) is 1.46. The highest BCUT2D eigenvalue weighted by Crippen LogP contribution is 2.60. The second-order valence-electron chi connectivity index (χ2n) is 10.1. The first kappa shape index (κ1) is 17.7. The minimum absolute atomic E-state index is 0.000378. The smallest absolute Gasteiger partial charge is 0.227 e. The molecule has 0 spiro atoms. The molecule has 27 heavy (non-hydrogen) atoms. The largest absolute Gasteiger partial charge is 0.343 e. The van der Waals surface area contributed by atoms with Gasteiger partial charge in [0.25, 0.3) is 0 Å². The number of carbonyl (C=O) groups is 1. The summed E-state index contributed by atoms with van der Waals surface area (Å²) in [6, 6.07) is 10.9. The molecule has 1 N–H and O–H groups in total. The summed E-state index contributed by atoms with van der Waals surface area (Å²) < 4.78 is 0. The summed E-state index contributed by atoms with van der Waals surface area (Å²) in [6.07, 6.45) is 11.4. The number of likely N-dealkylation sites (tertiary alicyclic amines) is 1. The van der Waals surface area contributed by atoms with E-state index < -0.39 is 0 Å². The lowest BCUT2D eigenvalue weighted by atomic mass is 9.49. The van der Waals surface area contributed by atoms with E-state index in [0.717, 1.165) is 43.4 Å². The first-order valence-electron chi connectivity index (χ1n) is 11.2. The van der Waals surface area contributed by atoms with Crippen molar-refractivity contribution in [2.24, 2.45) is 29.1 Å². The van der Waals surface area contributed by atoms with Crippen molar-refractivity contribution in [2.75, 3.05) is 19.8 Å². The zero-order valence-electron chi connectivity index (χ0n) is 16.5. The SMILES string of the molecule is O=C(NCN1CCC(Cc2ccccc2)CC1)C12CC3CC(CC(C3)C1)C2. The lowest BCUT2D eigenvalue weighted by Crippen LogP contribution is -2.55. The van der Waals surface area contributed by atoms with E-state index in [4.69, 9.17) is 0 Å². The van der Waals surface area contributed by atoms with Gasteiger partial charge in [0, 0.05) is 13.1 Å². The van der Waals surface area contributed by atoms with Crippen LogP contribution in [0.25, 0.3) is 0 Å². The molecule has 0 unspecified atom stereocenters. The molecular formula is C24H34N2O. The standard InChI is InChI=1S/C24H34N2O/c27-23(24-14-20-11-21(15-24)13-22(12-20)16-24)25-17-26-8-6-19(7-9-26)10-18-4-2-1-3-5-18/h1-5,19-22H,6-17H2,(H,25,27). The van der Waals surface area contributed by atoms with E-state index in [-0.39, 0.29) is 5.41 Å². The lowest BCUT2D eigenvalue weighted by molar-refractivity contribution is -0.147. The number of rotatable bonds is 5. The van der Waals surface area contributed by atoms with E-state index in [0.29, 0.717) is 5.91 Å². The summed E-state index contributed by atoms with van der Waals surface area (Å²) in [5, 5.41) is 3.36. The third-order valence-corrected chi connectivity index (χ3v) is 8.06. The highest BCUT2D eigenvalue weighted by atomic mass is 16.2. The van der Waals surface area contributed by atoms with Gasteiger partial charge in [-0.25, -0.2) is 0 Å². The molecule has 4 bridgehead atoms. The van der Waals surface area contributed by atoms with Crippen molar-refractivity contribution in [3.63, 3.8) is 0 Å². The van der Waals surface area contributed by atoms with Gasteiger partial charge in [-0.3, -0.25) is 9.69 Å². The van der Waals surface area contributed by atoms with Crippen LogP contribution in [0.1, 0.15) is 56.9 Å². The first-order chi connectivity index (χ1) is 13.2. The Bertz CT molecular complexity index is 627. The molecule has 4 aliphatic carbocycles. The van der Waals surface area contributed by atoms with Crippen molar-refractivity contribution in [2.45, 2.75) is 57.8 Å². The molecule has 0 atom stereocenters. The molecule has 0 radical (unpaired) electrons. The van der Waals surface area contributed by atoms with Crippen LogP contribution < -0.4 is 5.32 Å². The topological polar surface area (TPSA) is 32.3 Å². The molecule has 1 aromatic carbocycles. The predicted octanol–water partition coefficient (Wildman–Crippen LogP) is 4.23. The Balaban J connectivity index is 1.09. The van der Waals surface area contributed by atoms with E-state index in [1.165, 1.54) is 63.4 Å². The number of hydrogen-bond donors (Lipinski definition) is 1. The van der Waals surface area contributed by atoms with Gasteiger partial charge in [0.15, 0.2) is 0 Å². The molecule has 1 aromatic rings. The van der Waals surface area contributed by atoms with Crippen LogP contribution >= 0.6 is 0 Å². The van der Waals surface area contributed by atoms with Crippen molar-refractivity contribution >= 4 is 5.91 Å². The highest BCUT2D eigenvalue weighted by Gasteiger charge is 2.54. The molecule has 5 aliphatic rings. The maximum Gasteiger partial charge on any atom is 0.227 e.